The highest BCUT2D eigenvalue weighted by Gasteiger charge is 2.41. The number of allylic oxidation sites excluding steroid dienone is 9. The molecule has 1 saturated heterocycles. The minimum absolute atomic E-state index is 0.0150. The van der Waals surface area contributed by atoms with Crippen molar-refractivity contribution < 1.29 is 0 Å². The van der Waals surface area contributed by atoms with Crippen molar-refractivity contribution in [2.75, 3.05) is 0 Å². The van der Waals surface area contributed by atoms with E-state index in [4.69, 9.17) is 0 Å². The second-order valence-electron chi connectivity index (χ2n) is 7.65. The lowest BCUT2D eigenvalue weighted by Crippen LogP contribution is -2.57. The van der Waals surface area contributed by atoms with Crippen molar-refractivity contribution in [3.63, 3.8) is 0 Å². The van der Waals surface area contributed by atoms with Gasteiger partial charge in [-0.3, -0.25) is 0 Å². The Labute approximate surface area is 189 Å². The van der Waals surface area contributed by atoms with Crippen LogP contribution in [-0.2, 0) is 0 Å². The molecule has 1 unspecified atom stereocenters. The standard InChI is InChI=1S/C27H34BN3/c1-8-14-25-26(15-9-2)31-24(7)20-19-23(6)18-17-22(5)16-12-13-21-28(31)30(11-4)27(25)29-10-3/h8-11,14-15,17-20,23H,1-5,7,12-13,16,21H2,6H3/b18-17-,20-19-,25-14+,26-15+,29-27-. The molecule has 0 amide bonds. The number of nitrogens with zero attached hydrogens (tertiary/aromatic N) is 3. The Morgan fingerprint density at radius 3 is 2.39 bits per heavy atom. The summed E-state index contributed by atoms with van der Waals surface area (Å²) in [5, 5.41) is 0. The van der Waals surface area contributed by atoms with Crippen molar-refractivity contribution in [2.45, 2.75) is 32.5 Å². The Morgan fingerprint density at radius 2 is 1.74 bits per heavy atom. The molecule has 0 saturated carbocycles. The molecule has 160 valence electrons. The molecule has 0 bridgehead atoms. The predicted octanol–water partition coefficient (Wildman–Crippen LogP) is 6.96. The number of hydrogen-bond donors (Lipinski definition) is 0. The first-order valence-corrected chi connectivity index (χ1v) is 10.8. The highest BCUT2D eigenvalue weighted by Crippen LogP contribution is 2.34. The first-order chi connectivity index (χ1) is 15.0. The Kier molecular flexibility index (Phi) is 9.14. The molecule has 4 heteroatoms. The lowest BCUT2D eigenvalue weighted by Gasteiger charge is -2.45. The molecule has 2 heterocycles. The maximum Gasteiger partial charge on any atom is 0.385 e. The third-order valence-electron chi connectivity index (χ3n) is 5.36. The number of hydrogen-bond acceptors (Lipinski definition) is 2. The van der Waals surface area contributed by atoms with Crippen LogP contribution in [0.4, 0.5) is 0 Å². The van der Waals surface area contributed by atoms with Crippen LogP contribution in [0.2, 0.25) is 6.32 Å². The second kappa shape index (κ2) is 11.8. The van der Waals surface area contributed by atoms with Crippen molar-refractivity contribution >= 4 is 12.8 Å². The molecule has 1 atom stereocenters. The quantitative estimate of drug-likeness (QED) is 0.466. The van der Waals surface area contributed by atoms with E-state index >= 15 is 0 Å². The fourth-order valence-corrected chi connectivity index (χ4v) is 3.87. The van der Waals surface area contributed by atoms with Gasteiger partial charge in [-0.05, 0) is 49.5 Å². The molecule has 31 heavy (non-hydrogen) atoms. The van der Waals surface area contributed by atoms with E-state index in [9.17, 15) is 0 Å². The highest BCUT2D eigenvalue weighted by molar-refractivity contribution is 6.59. The SMILES string of the molecule is C=C/C=C1C(=N/C=C)/N(C=C)B2CCCCC(=C)/C=C\C(C)/C=C\C(=C)N2C/1=C/C=C. The van der Waals surface area contributed by atoms with Gasteiger partial charge < -0.3 is 9.62 Å². The number of aliphatic imine (C=N–C) groups is 1. The maximum absolute atomic E-state index is 4.60. The lowest BCUT2D eigenvalue weighted by molar-refractivity contribution is 0.580. The fourth-order valence-electron chi connectivity index (χ4n) is 3.87. The topological polar surface area (TPSA) is 18.8 Å². The van der Waals surface area contributed by atoms with Gasteiger partial charge in [-0.2, -0.15) is 0 Å². The van der Waals surface area contributed by atoms with E-state index in [1.54, 1.807) is 18.4 Å². The Balaban J connectivity index is 2.67. The summed E-state index contributed by atoms with van der Waals surface area (Å²) in [6, 6.07) is 0. The summed E-state index contributed by atoms with van der Waals surface area (Å²) in [4.78, 5) is 8.95. The third-order valence-corrected chi connectivity index (χ3v) is 5.36. The maximum atomic E-state index is 4.60. The Hall–Kier alpha value is -3.27. The van der Waals surface area contributed by atoms with Gasteiger partial charge in [0.05, 0.1) is 0 Å². The van der Waals surface area contributed by atoms with Crippen LogP contribution >= 0.6 is 0 Å². The zero-order valence-corrected chi connectivity index (χ0v) is 18.8. The van der Waals surface area contributed by atoms with Crippen LogP contribution in [0.1, 0.15) is 26.2 Å². The Morgan fingerprint density at radius 1 is 1.03 bits per heavy atom. The molecular weight excluding hydrogens is 377 g/mol. The molecule has 0 aromatic rings. The van der Waals surface area contributed by atoms with E-state index in [-0.39, 0.29) is 12.9 Å². The molecule has 0 aliphatic carbocycles. The van der Waals surface area contributed by atoms with Gasteiger partial charge in [-0.25, -0.2) is 4.99 Å². The van der Waals surface area contributed by atoms with Gasteiger partial charge in [0.25, 0.3) is 0 Å². The lowest BCUT2D eigenvalue weighted by atomic mass is 9.62. The molecule has 0 aromatic carbocycles. The molecule has 2 rings (SSSR count). The highest BCUT2D eigenvalue weighted by atomic mass is 15.3. The van der Waals surface area contributed by atoms with Gasteiger partial charge in [0.2, 0.25) is 0 Å². The molecule has 1 fully saturated rings. The van der Waals surface area contributed by atoms with Crippen LogP contribution in [0, 0.1) is 5.92 Å². The van der Waals surface area contributed by atoms with Crippen LogP contribution in [-0.4, -0.2) is 22.4 Å². The van der Waals surface area contributed by atoms with E-state index in [2.05, 4.69) is 85.3 Å². The van der Waals surface area contributed by atoms with Gasteiger partial charge in [0.15, 0.2) is 0 Å². The first-order valence-electron chi connectivity index (χ1n) is 10.8. The fraction of sp³-hybridized carbons (Fsp3) is 0.222. The zero-order chi connectivity index (χ0) is 22.8. The second-order valence-corrected chi connectivity index (χ2v) is 7.65. The van der Waals surface area contributed by atoms with Crippen LogP contribution in [0.3, 0.4) is 0 Å². The van der Waals surface area contributed by atoms with Crippen molar-refractivity contribution in [1.29, 1.82) is 0 Å². The first kappa shape index (κ1) is 24.0. The predicted molar refractivity (Wildman–Crippen MR) is 138 cm³/mol. The third kappa shape index (κ3) is 5.88. The minimum atomic E-state index is -0.0150. The van der Waals surface area contributed by atoms with Crippen molar-refractivity contribution in [2.24, 2.45) is 10.9 Å². The number of fused-ring (bicyclic) bond motifs is 1. The van der Waals surface area contributed by atoms with Crippen LogP contribution < -0.4 is 0 Å². The van der Waals surface area contributed by atoms with E-state index in [1.807, 2.05) is 18.4 Å². The summed E-state index contributed by atoms with van der Waals surface area (Å²) >= 11 is 0. The molecule has 0 spiro atoms. The molecular formula is C27H34BN3. The van der Waals surface area contributed by atoms with Crippen molar-refractivity contribution in [1.82, 2.24) is 9.62 Å². The number of rotatable bonds is 4. The summed E-state index contributed by atoms with van der Waals surface area (Å²) in [7, 11) is 0. The molecule has 3 nitrogen and oxygen atoms in total. The van der Waals surface area contributed by atoms with Gasteiger partial charge in [0.1, 0.15) is 5.84 Å². The Bertz CT molecular complexity index is 897. The minimum Gasteiger partial charge on any atom is -0.366 e. The van der Waals surface area contributed by atoms with Crippen molar-refractivity contribution in [3.8, 4) is 0 Å². The zero-order valence-electron chi connectivity index (χ0n) is 18.8. The average Bonchev–Trinajstić information content (AvgIpc) is 2.76. The summed E-state index contributed by atoms with van der Waals surface area (Å²) in [6.45, 7) is 26.5. The summed E-state index contributed by atoms with van der Waals surface area (Å²) in [5.74, 6) is 1.07. The van der Waals surface area contributed by atoms with Gasteiger partial charge in [-0.1, -0.05) is 88.8 Å². The van der Waals surface area contributed by atoms with Crippen molar-refractivity contribution in [3.05, 3.63) is 123 Å². The van der Waals surface area contributed by atoms with Crippen LogP contribution in [0.5, 0.6) is 0 Å². The van der Waals surface area contributed by atoms with Gasteiger partial charge >= 0.3 is 6.98 Å². The normalized spacial score (nSPS) is 26.5. The summed E-state index contributed by atoms with van der Waals surface area (Å²) in [5.41, 5.74) is 3.97. The molecule has 0 N–H and O–H groups in total. The van der Waals surface area contributed by atoms with Gasteiger partial charge in [0, 0.05) is 23.2 Å². The molecule has 0 radical (unpaired) electrons. The van der Waals surface area contributed by atoms with Crippen LogP contribution in [0.25, 0.3) is 0 Å². The monoisotopic (exact) mass is 411 g/mol. The number of amidine groups is 1. The van der Waals surface area contributed by atoms with E-state index in [1.165, 1.54) is 0 Å². The molecule has 2 aliphatic rings. The smallest absolute Gasteiger partial charge is 0.366 e. The summed E-state index contributed by atoms with van der Waals surface area (Å²) < 4.78 is 0. The van der Waals surface area contributed by atoms with Crippen LogP contribution in [0.15, 0.2) is 128 Å². The van der Waals surface area contributed by atoms with Gasteiger partial charge in [-0.15, -0.1) is 0 Å². The van der Waals surface area contributed by atoms with E-state index in [0.717, 1.165) is 54.0 Å². The molecule has 2 aliphatic heterocycles. The van der Waals surface area contributed by atoms with E-state index in [0.29, 0.717) is 0 Å². The molecule has 0 aromatic heterocycles. The summed E-state index contributed by atoms with van der Waals surface area (Å²) in [6.07, 6.45) is 23.5. The average molecular weight is 411 g/mol. The van der Waals surface area contributed by atoms with E-state index < -0.39 is 0 Å². The largest absolute Gasteiger partial charge is 0.385 e.